The summed E-state index contributed by atoms with van der Waals surface area (Å²) in [4.78, 5) is 9.96. The van der Waals surface area contributed by atoms with E-state index < -0.39 is 0 Å². The minimum absolute atomic E-state index is 0.0818. The van der Waals surface area contributed by atoms with Crippen LogP contribution in [0.25, 0.3) is 0 Å². The summed E-state index contributed by atoms with van der Waals surface area (Å²) in [5.41, 5.74) is 2.94. The van der Waals surface area contributed by atoms with Gasteiger partial charge in [0.1, 0.15) is 17.2 Å². The third-order valence-corrected chi connectivity index (χ3v) is 3.63. The number of pyridine rings is 1. The first-order chi connectivity index (χ1) is 11.8. The van der Waals surface area contributed by atoms with Crippen LogP contribution in [0.3, 0.4) is 0 Å². The Hall–Kier alpha value is -3.14. The number of aromatic nitrogens is 1. The van der Waals surface area contributed by atoms with E-state index >= 15 is 0 Å². The van der Waals surface area contributed by atoms with Gasteiger partial charge < -0.3 is 9.94 Å². The van der Waals surface area contributed by atoms with Crippen LogP contribution in [0.2, 0.25) is 0 Å². The van der Waals surface area contributed by atoms with E-state index in [1.165, 1.54) is 0 Å². The summed E-state index contributed by atoms with van der Waals surface area (Å²) in [6.07, 6.45) is 1.29. The van der Waals surface area contributed by atoms with Crippen molar-refractivity contribution >= 4 is 5.71 Å². The van der Waals surface area contributed by atoms with E-state index in [0.717, 1.165) is 11.1 Å². The predicted molar refractivity (Wildman–Crippen MR) is 93.9 cm³/mol. The Morgan fingerprint density at radius 1 is 0.917 bits per heavy atom. The maximum atomic E-state index is 9.88. The van der Waals surface area contributed by atoms with Crippen LogP contribution in [0, 0.1) is 0 Å². The van der Waals surface area contributed by atoms with Crippen molar-refractivity contribution in [2.75, 3.05) is 0 Å². The van der Waals surface area contributed by atoms with Gasteiger partial charge in [0.05, 0.1) is 0 Å². The van der Waals surface area contributed by atoms with Crippen LogP contribution < -0.4 is 0 Å². The zero-order valence-electron chi connectivity index (χ0n) is 13.3. The van der Waals surface area contributed by atoms with Crippen molar-refractivity contribution in [3.05, 3.63) is 95.8 Å². The van der Waals surface area contributed by atoms with E-state index in [1.807, 2.05) is 60.7 Å². The van der Waals surface area contributed by atoms with Crippen molar-refractivity contribution in [1.29, 1.82) is 0 Å². The molecule has 0 fully saturated rings. The first-order valence-electron chi connectivity index (χ1n) is 7.70. The smallest absolute Gasteiger partial charge is 0.177 e. The number of nitrogens with zero attached hydrogens (tertiary/aromatic N) is 2. The van der Waals surface area contributed by atoms with Crippen LogP contribution in [0.4, 0.5) is 0 Å². The highest BCUT2D eigenvalue weighted by molar-refractivity contribution is 5.98. The van der Waals surface area contributed by atoms with Crippen LogP contribution in [0.5, 0.6) is 5.75 Å². The monoisotopic (exact) mass is 318 g/mol. The molecule has 0 unspecified atom stereocenters. The second-order valence-electron chi connectivity index (χ2n) is 5.35. The molecule has 3 rings (SSSR count). The second-order valence-corrected chi connectivity index (χ2v) is 5.35. The van der Waals surface area contributed by atoms with Crippen molar-refractivity contribution in [2.45, 2.75) is 13.0 Å². The summed E-state index contributed by atoms with van der Waals surface area (Å²) in [6, 6.07) is 23.1. The van der Waals surface area contributed by atoms with Crippen molar-refractivity contribution in [3.8, 4) is 5.75 Å². The van der Waals surface area contributed by atoms with Gasteiger partial charge in [-0.2, -0.15) is 0 Å². The molecule has 0 atom stereocenters. The van der Waals surface area contributed by atoms with Crippen molar-refractivity contribution in [2.24, 2.45) is 5.16 Å². The summed E-state index contributed by atoms with van der Waals surface area (Å²) < 4.78 is 0. The summed E-state index contributed by atoms with van der Waals surface area (Å²) in [5, 5.41) is 14.1. The highest BCUT2D eigenvalue weighted by Gasteiger charge is 2.16. The molecule has 0 spiro atoms. The van der Waals surface area contributed by atoms with E-state index in [9.17, 15) is 5.11 Å². The van der Waals surface area contributed by atoms with Crippen LogP contribution in [0.1, 0.15) is 29.8 Å². The van der Waals surface area contributed by atoms with Gasteiger partial charge in [-0.25, -0.2) is 0 Å². The molecular formula is C20H18N2O2. The van der Waals surface area contributed by atoms with E-state index in [0.29, 0.717) is 11.4 Å². The largest absolute Gasteiger partial charge is 0.506 e. The molecule has 0 aliphatic carbocycles. The van der Waals surface area contributed by atoms with Crippen molar-refractivity contribution in [3.63, 3.8) is 0 Å². The molecule has 120 valence electrons. The minimum Gasteiger partial charge on any atom is -0.506 e. The summed E-state index contributed by atoms with van der Waals surface area (Å²) >= 11 is 0. The Morgan fingerprint density at radius 3 is 2.04 bits per heavy atom. The number of aromatic hydroxyl groups is 1. The predicted octanol–water partition coefficient (Wildman–Crippen LogP) is 4.32. The molecule has 0 amide bonds. The Bertz CT molecular complexity index is 778. The summed E-state index contributed by atoms with van der Waals surface area (Å²) in [6.45, 7) is 1.76. The van der Waals surface area contributed by atoms with Gasteiger partial charge >= 0.3 is 0 Å². The SMILES string of the molecule is CC(=NOC(c1ccccc1)c1ccccc1)c1ncccc1O. The van der Waals surface area contributed by atoms with Gasteiger partial charge in [-0.1, -0.05) is 65.8 Å². The lowest BCUT2D eigenvalue weighted by atomic mass is 10.0. The van der Waals surface area contributed by atoms with E-state index in [1.54, 1.807) is 25.3 Å². The molecule has 0 radical (unpaired) electrons. The topological polar surface area (TPSA) is 54.7 Å². The molecule has 0 saturated carbocycles. The first kappa shape index (κ1) is 15.7. The molecule has 0 aliphatic heterocycles. The number of benzene rings is 2. The molecule has 1 N–H and O–H groups in total. The Balaban J connectivity index is 1.90. The number of hydrogen-bond acceptors (Lipinski definition) is 4. The number of rotatable bonds is 5. The fraction of sp³-hybridized carbons (Fsp3) is 0.100. The average molecular weight is 318 g/mol. The normalized spacial score (nSPS) is 11.5. The third kappa shape index (κ3) is 3.60. The molecule has 0 aliphatic rings. The van der Waals surface area contributed by atoms with Gasteiger partial charge in [0.25, 0.3) is 0 Å². The molecule has 1 heterocycles. The zero-order valence-corrected chi connectivity index (χ0v) is 13.3. The van der Waals surface area contributed by atoms with Crippen LogP contribution in [-0.4, -0.2) is 15.8 Å². The standard InChI is InChI=1S/C20H18N2O2/c1-15(19-18(23)13-8-14-21-19)22-24-20(16-9-4-2-5-10-16)17-11-6-3-7-12-17/h2-14,20,23H,1H3. The maximum Gasteiger partial charge on any atom is 0.177 e. The Labute approximate surface area is 141 Å². The Morgan fingerprint density at radius 2 is 1.50 bits per heavy atom. The van der Waals surface area contributed by atoms with Gasteiger partial charge in [-0.3, -0.25) is 4.98 Å². The average Bonchev–Trinajstić information content (AvgIpc) is 2.64. The van der Waals surface area contributed by atoms with E-state index in [-0.39, 0.29) is 11.9 Å². The molecule has 4 heteroatoms. The molecule has 0 bridgehead atoms. The van der Waals surface area contributed by atoms with E-state index in [4.69, 9.17) is 4.84 Å². The van der Waals surface area contributed by atoms with Crippen LogP contribution >= 0.6 is 0 Å². The number of hydrogen-bond donors (Lipinski definition) is 1. The minimum atomic E-state index is -0.326. The third-order valence-electron chi connectivity index (χ3n) is 3.63. The van der Waals surface area contributed by atoms with Gasteiger partial charge in [0, 0.05) is 6.20 Å². The van der Waals surface area contributed by atoms with Gasteiger partial charge in [-0.05, 0) is 30.2 Å². The fourth-order valence-electron chi connectivity index (χ4n) is 2.42. The molecule has 3 aromatic rings. The summed E-state index contributed by atoms with van der Waals surface area (Å²) in [7, 11) is 0. The maximum absolute atomic E-state index is 9.88. The van der Waals surface area contributed by atoms with E-state index in [2.05, 4.69) is 10.1 Å². The number of oxime groups is 1. The van der Waals surface area contributed by atoms with Crippen molar-refractivity contribution < 1.29 is 9.94 Å². The highest BCUT2D eigenvalue weighted by Crippen LogP contribution is 2.26. The second kappa shape index (κ2) is 7.42. The Kier molecular flexibility index (Phi) is 4.87. The fourth-order valence-corrected chi connectivity index (χ4v) is 2.42. The van der Waals surface area contributed by atoms with Gasteiger partial charge in [-0.15, -0.1) is 0 Å². The lowest BCUT2D eigenvalue weighted by Gasteiger charge is -2.16. The zero-order chi connectivity index (χ0) is 16.8. The quantitative estimate of drug-likeness (QED) is 0.563. The molecule has 4 nitrogen and oxygen atoms in total. The highest BCUT2D eigenvalue weighted by atomic mass is 16.6. The lowest BCUT2D eigenvalue weighted by Crippen LogP contribution is -2.06. The first-order valence-corrected chi connectivity index (χ1v) is 7.70. The van der Waals surface area contributed by atoms with Crippen LogP contribution in [0.15, 0.2) is 84.1 Å². The van der Waals surface area contributed by atoms with Crippen LogP contribution in [-0.2, 0) is 4.84 Å². The molecule has 2 aromatic carbocycles. The molecule has 0 saturated heterocycles. The lowest BCUT2D eigenvalue weighted by molar-refractivity contribution is 0.0873. The van der Waals surface area contributed by atoms with Crippen molar-refractivity contribution in [1.82, 2.24) is 4.98 Å². The van der Waals surface area contributed by atoms with Gasteiger partial charge in [0.2, 0.25) is 0 Å². The molecular weight excluding hydrogens is 300 g/mol. The van der Waals surface area contributed by atoms with Gasteiger partial charge in [0.15, 0.2) is 6.10 Å². The molecule has 24 heavy (non-hydrogen) atoms. The molecule has 1 aromatic heterocycles. The summed E-state index contributed by atoms with van der Waals surface area (Å²) in [5.74, 6) is 0.0818.